The minimum absolute atomic E-state index is 0.200. The zero-order chi connectivity index (χ0) is 19.2. The molecule has 2 fully saturated rings. The molecule has 2 saturated heterocycles. The van der Waals surface area contributed by atoms with Crippen molar-refractivity contribution in [3.8, 4) is 0 Å². The van der Waals surface area contributed by atoms with Crippen molar-refractivity contribution in [2.24, 2.45) is 0 Å². The maximum Gasteiger partial charge on any atom is 0.335 e. The Balaban J connectivity index is 2.58. The Morgan fingerprint density at radius 3 is 1.64 bits per heavy atom. The van der Waals surface area contributed by atoms with E-state index in [-0.39, 0.29) is 28.8 Å². The summed E-state index contributed by atoms with van der Waals surface area (Å²) in [6.45, 7) is 17.4. The Morgan fingerprint density at radius 2 is 1.20 bits per heavy atom. The molecule has 0 amide bonds. The maximum absolute atomic E-state index is 10.5. The Kier molecular flexibility index (Phi) is 6.59. The molecule has 2 rings (SSSR count). The van der Waals surface area contributed by atoms with Crippen LogP contribution in [0.4, 0.5) is 0 Å². The minimum Gasteiger partial charge on any atom is -0.414 e. The van der Waals surface area contributed by atoms with E-state index in [2.05, 4.69) is 55.4 Å². The third-order valence-corrected chi connectivity index (χ3v) is 15.9. The third kappa shape index (κ3) is 3.64. The highest BCUT2D eigenvalue weighted by atomic mass is 28.5. The topological polar surface area (TPSA) is 77.4 Å². The van der Waals surface area contributed by atoms with Crippen molar-refractivity contribution >= 4 is 17.1 Å². The van der Waals surface area contributed by atoms with Gasteiger partial charge in [0.2, 0.25) is 0 Å². The van der Waals surface area contributed by atoms with Crippen molar-refractivity contribution in [1.82, 2.24) is 0 Å². The first kappa shape index (κ1) is 21.5. The molecule has 0 saturated carbocycles. The van der Waals surface area contributed by atoms with Gasteiger partial charge in [-0.2, -0.15) is 0 Å². The van der Waals surface area contributed by atoms with Gasteiger partial charge in [-0.05, 0) is 22.2 Å². The second-order valence-corrected chi connectivity index (χ2v) is 17.4. The Labute approximate surface area is 154 Å². The van der Waals surface area contributed by atoms with E-state index < -0.39 is 41.7 Å². The number of aliphatic hydroxyl groups excluding tert-OH is 2. The second-order valence-electron chi connectivity index (χ2n) is 8.62. The van der Waals surface area contributed by atoms with Gasteiger partial charge < -0.3 is 27.9 Å². The highest BCUT2D eigenvalue weighted by Crippen LogP contribution is 2.48. The summed E-state index contributed by atoms with van der Waals surface area (Å²) >= 11 is 0. The van der Waals surface area contributed by atoms with E-state index in [4.69, 9.17) is 17.7 Å². The Morgan fingerprint density at radius 1 is 0.760 bits per heavy atom. The molecule has 2 heterocycles. The predicted octanol–water partition coefficient (Wildman–Crippen LogP) is 3.02. The van der Waals surface area contributed by atoms with E-state index in [9.17, 15) is 10.2 Å². The van der Waals surface area contributed by atoms with Crippen LogP contribution in [0, 0.1) is 0 Å². The second kappa shape index (κ2) is 7.67. The standard InChI is InChI=1S/C17H36O6Si2/c1-10(2)24(11(3)4)21-14-9-20-17(19)15(18)16(14)22-25(23-24,12(5)6)13(7)8/h10-19H,9H2,1-8H3/t14-,15+,16+,17?/m1/s1. The van der Waals surface area contributed by atoms with Crippen LogP contribution >= 0.6 is 0 Å². The van der Waals surface area contributed by atoms with Gasteiger partial charge in [0, 0.05) is 0 Å². The van der Waals surface area contributed by atoms with E-state index in [0.29, 0.717) is 0 Å². The van der Waals surface area contributed by atoms with Crippen LogP contribution in [0.2, 0.25) is 22.2 Å². The van der Waals surface area contributed by atoms with Crippen molar-refractivity contribution in [3.63, 3.8) is 0 Å². The van der Waals surface area contributed by atoms with Crippen LogP contribution in [0.1, 0.15) is 55.4 Å². The van der Waals surface area contributed by atoms with Crippen LogP contribution in [-0.2, 0) is 17.7 Å². The van der Waals surface area contributed by atoms with Gasteiger partial charge in [-0.25, -0.2) is 0 Å². The monoisotopic (exact) mass is 392 g/mol. The van der Waals surface area contributed by atoms with E-state index in [0.717, 1.165) is 0 Å². The van der Waals surface area contributed by atoms with Gasteiger partial charge in [0.1, 0.15) is 12.2 Å². The predicted molar refractivity (Wildman–Crippen MR) is 101 cm³/mol. The molecular weight excluding hydrogens is 356 g/mol. The average Bonchev–Trinajstić information content (AvgIpc) is 2.67. The maximum atomic E-state index is 10.5. The van der Waals surface area contributed by atoms with Crippen LogP contribution in [0.5, 0.6) is 0 Å². The third-order valence-electron chi connectivity index (χ3n) is 5.62. The van der Waals surface area contributed by atoms with Crippen LogP contribution in [-0.4, -0.2) is 58.5 Å². The van der Waals surface area contributed by atoms with Crippen LogP contribution in [0.25, 0.3) is 0 Å². The lowest BCUT2D eigenvalue weighted by atomic mass is 10.1. The van der Waals surface area contributed by atoms with Crippen LogP contribution < -0.4 is 0 Å². The molecule has 148 valence electrons. The first-order valence-corrected chi connectivity index (χ1v) is 13.5. The molecule has 2 N–H and O–H groups in total. The number of hydrogen-bond donors (Lipinski definition) is 2. The minimum atomic E-state index is -2.72. The lowest BCUT2D eigenvalue weighted by Crippen LogP contribution is -2.60. The average molecular weight is 393 g/mol. The number of aliphatic hydroxyl groups is 2. The largest absolute Gasteiger partial charge is 0.414 e. The summed E-state index contributed by atoms with van der Waals surface area (Å²) in [7, 11) is -5.36. The molecular formula is C17H36O6Si2. The summed E-state index contributed by atoms with van der Waals surface area (Å²) in [5.41, 5.74) is 0.879. The molecule has 8 heteroatoms. The molecule has 4 atom stereocenters. The van der Waals surface area contributed by atoms with Gasteiger partial charge in [0.25, 0.3) is 0 Å². The molecule has 0 spiro atoms. The SMILES string of the molecule is CC(C)[Si]1(C(C)C)O[C@@H]2[C@H](O)C(O)OC[C@H]2O[Si](C(C)C)(C(C)C)O1. The molecule has 2 aliphatic rings. The Hall–Kier alpha value is 0.194. The Bertz CT molecular complexity index is 440. The van der Waals surface area contributed by atoms with E-state index >= 15 is 0 Å². The number of rotatable bonds is 4. The van der Waals surface area contributed by atoms with Crippen molar-refractivity contribution in [2.45, 2.75) is 102 Å². The zero-order valence-electron chi connectivity index (χ0n) is 16.9. The molecule has 1 unspecified atom stereocenters. The fourth-order valence-electron chi connectivity index (χ4n) is 4.11. The quantitative estimate of drug-likeness (QED) is 0.716. The first-order valence-electron chi connectivity index (χ1n) is 9.51. The molecule has 25 heavy (non-hydrogen) atoms. The zero-order valence-corrected chi connectivity index (χ0v) is 18.9. The molecule has 2 aliphatic heterocycles. The lowest BCUT2D eigenvalue weighted by molar-refractivity contribution is -0.244. The van der Waals surface area contributed by atoms with Gasteiger partial charge in [-0.3, -0.25) is 0 Å². The van der Waals surface area contributed by atoms with Crippen molar-refractivity contribution < 1.29 is 27.9 Å². The fourth-order valence-corrected chi connectivity index (χ4v) is 15.4. The molecule has 0 aromatic carbocycles. The van der Waals surface area contributed by atoms with Gasteiger partial charge in [-0.1, -0.05) is 55.4 Å². The summed E-state index contributed by atoms with van der Waals surface area (Å²) in [5.74, 6) is 0. The summed E-state index contributed by atoms with van der Waals surface area (Å²) in [4.78, 5) is 0. The molecule has 0 aromatic rings. The summed E-state index contributed by atoms with van der Waals surface area (Å²) in [6.07, 6.45) is -3.41. The first-order chi connectivity index (χ1) is 11.5. The smallest absolute Gasteiger partial charge is 0.335 e. The summed E-state index contributed by atoms with van der Waals surface area (Å²) in [5, 5.41) is 20.5. The summed E-state index contributed by atoms with van der Waals surface area (Å²) in [6, 6.07) is 0. The number of hydrogen-bond acceptors (Lipinski definition) is 6. The van der Waals surface area contributed by atoms with Crippen LogP contribution in [0.15, 0.2) is 0 Å². The fraction of sp³-hybridized carbons (Fsp3) is 1.00. The van der Waals surface area contributed by atoms with E-state index in [1.54, 1.807) is 0 Å². The molecule has 0 aromatic heterocycles. The van der Waals surface area contributed by atoms with Gasteiger partial charge in [0.05, 0.1) is 12.7 Å². The highest BCUT2D eigenvalue weighted by molar-refractivity contribution is 6.84. The highest BCUT2D eigenvalue weighted by Gasteiger charge is 2.62. The van der Waals surface area contributed by atoms with E-state index in [1.165, 1.54) is 0 Å². The number of ether oxygens (including phenoxy) is 1. The lowest BCUT2D eigenvalue weighted by Gasteiger charge is -2.45. The summed E-state index contributed by atoms with van der Waals surface area (Å²) < 4.78 is 25.6. The normalized spacial score (nSPS) is 35.3. The van der Waals surface area contributed by atoms with Crippen molar-refractivity contribution in [3.05, 3.63) is 0 Å². The molecule has 0 bridgehead atoms. The van der Waals surface area contributed by atoms with Crippen molar-refractivity contribution in [2.75, 3.05) is 6.61 Å². The van der Waals surface area contributed by atoms with Gasteiger partial charge >= 0.3 is 17.1 Å². The molecule has 0 aliphatic carbocycles. The molecule has 6 nitrogen and oxygen atoms in total. The van der Waals surface area contributed by atoms with E-state index in [1.807, 2.05) is 0 Å². The molecule has 0 radical (unpaired) electrons. The van der Waals surface area contributed by atoms with Crippen LogP contribution in [0.3, 0.4) is 0 Å². The van der Waals surface area contributed by atoms with Gasteiger partial charge in [-0.15, -0.1) is 0 Å². The number of fused-ring (bicyclic) bond motifs is 1. The van der Waals surface area contributed by atoms with Gasteiger partial charge in [0.15, 0.2) is 6.29 Å². The van der Waals surface area contributed by atoms with Crippen molar-refractivity contribution in [1.29, 1.82) is 0 Å².